The van der Waals surface area contributed by atoms with Gasteiger partial charge in [0.15, 0.2) is 5.65 Å². The van der Waals surface area contributed by atoms with Gasteiger partial charge in [0.05, 0.1) is 11.9 Å². The lowest BCUT2D eigenvalue weighted by atomic mass is 10.1. The zero-order valence-electron chi connectivity index (χ0n) is 19.7. The second-order valence-corrected chi connectivity index (χ2v) is 8.97. The fraction of sp³-hybridized carbons (Fsp3) is 0.0357. The maximum atomic E-state index is 12.4. The van der Waals surface area contributed by atoms with E-state index in [1.165, 1.54) is 6.08 Å². The Morgan fingerprint density at radius 3 is 2.68 bits per heavy atom. The average molecular weight is 510 g/mol. The van der Waals surface area contributed by atoms with E-state index in [9.17, 15) is 15.0 Å². The highest BCUT2D eigenvalue weighted by Gasteiger charge is 2.13. The molecule has 0 spiro atoms. The van der Waals surface area contributed by atoms with Gasteiger partial charge in [0.1, 0.15) is 17.3 Å². The number of carbonyl (C=O) groups excluding carboxylic acids is 1. The number of amides is 1. The molecule has 5 aromatic rings. The van der Waals surface area contributed by atoms with Crippen molar-refractivity contribution in [2.45, 2.75) is 6.54 Å². The maximum Gasteiger partial charge on any atom is 0.248 e. The van der Waals surface area contributed by atoms with Gasteiger partial charge < -0.3 is 20.8 Å². The summed E-state index contributed by atoms with van der Waals surface area (Å²) in [7, 11) is 2.63. The van der Waals surface area contributed by atoms with Crippen LogP contribution < -0.4 is 15.9 Å². The van der Waals surface area contributed by atoms with Gasteiger partial charge in [-0.15, -0.1) is 0 Å². The predicted octanol–water partition coefficient (Wildman–Crippen LogP) is 4.57. The van der Waals surface area contributed by atoms with Gasteiger partial charge in [0.2, 0.25) is 5.91 Å². The van der Waals surface area contributed by atoms with Crippen molar-refractivity contribution in [2.75, 3.05) is 10.6 Å². The molecular formula is C28H24N5O3P. The highest BCUT2D eigenvalue weighted by atomic mass is 31.0. The van der Waals surface area contributed by atoms with Gasteiger partial charge in [-0.05, 0) is 53.6 Å². The third-order valence-corrected chi connectivity index (χ3v) is 6.05. The van der Waals surface area contributed by atoms with Crippen LogP contribution in [-0.4, -0.2) is 30.7 Å². The van der Waals surface area contributed by atoms with Crippen LogP contribution in [0.25, 0.3) is 23.0 Å². The standard InChI is InChI=1S/C28H24N5O3P/c34-21-8-4-5-18(14-21)11-12-27(36)31-20-7-3-6-19(13-20)16-29-26-15-23(22-9-1-2-10-24(22)35)32-28-25(37)17-30-33(26)28/h1-15,17,29,34-35H,16,37H2,(H,31,36)/b12-11+. The summed E-state index contributed by atoms with van der Waals surface area (Å²) in [6.07, 6.45) is 4.78. The first-order valence-electron chi connectivity index (χ1n) is 11.5. The lowest BCUT2D eigenvalue weighted by molar-refractivity contribution is -0.111. The number of phenols is 2. The van der Waals surface area contributed by atoms with Gasteiger partial charge in [-0.25, -0.2) is 4.98 Å². The zero-order valence-corrected chi connectivity index (χ0v) is 20.8. The molecule has 5 rings (SSSR count). The van der Waals surface area contributed by atoms with E-state index < -0.39 is 0 Å². The monoisotopic (exact) mass is 509 g/mol. The topological polar surface area (TPSA) is 112 Å². The van der Waals surface area contributed by atoms with Crippen LogP contribution in [-0.2, 0) is 11.3 Å². The van der Waals surface area contributed by atoms with Gasteiger partial charge in [0, 0.05) is 35.2 Å². The molecule has 1 unspecified atom stereocenters. The first-order valence-corrected chi connectivity index (χ1v) is 12.1. The fourth-order valence-corrected chi connectivity index (χ4v) is 4.12. The van der Waals surface area contributed by atoms with E-state index in [0.717, 1.165) is 16.4 Å². The van der Waals surface area contributed by atoms with Crippen LogP contribution in [0.3, 0.4) is 0 Å². The van der Waals surface area contributed by atoms with Gasteiger partial charge in [-0.1, -0.05) is 45.6 Å². The van der Waals surface area contributed by atoms with Gasteiger partial charge in [-0.2, -0.15) is 9.61 Å². The van der Waals surface area contributed by atoms with E-state index in [0.29, 0.717) is 35.0 Å². The van der Waals surface area contributed by atoms with E-state index in [4.69, 9.17) is 0 Å². The molecule has 8 nitrogen and oxygen atoms in total. The van der Waals surface area contributed by atoms with Crippen molar-refractivity contribution in [1.29, 1.82) is 0 Å². The number of aromatic nitrogens is 3. The number of hydrogen-bond acceptors (Lipinski definition) is 6. The number of phenolic OH excluding ortho intramolecular Hbond substituents is 2. The molecule has 0 saturated carbocycles. The first-order chi connectivity index (χ1) is 18.0. The summed E-state index contributed by atoms with van der Waals surface area (Å²) in [6.45, 7) is 0.466. The number of para-hydroxylation sites is 1. The quantitative estimate of drug-likeness (QED) is 0.189. The van der Waals surface area contributed by atoms with Gasteiger partial charge in [-0.3, -0.25) is 4.79 Å². The number of nitrogens with zero attached hydrogens (tertiary/aromatic N) is 3. The third-order valence-electron chi connectivity index (χ3n) is 5.64. The normalized spacial score (nSPS) is 11.2. The largest absolute Gasteiger partial charge is 0.508 e. The summed E-state index contributed by atoms with van der Waals surface area (Å²) in [5.74, 6) is 0.726. The van der Waals surface area contributed by atoms with Crippen LogP contribution in [0, 0.1) is 0 Å². The fourth-order valence-electron chi connectivity index (χ4n) is 3.87. The lowest BCUT2D eigenvalue weighted by Gasteiger charge is -2.12. The Morgan fingerprint density at radius 2 is 1.84 bits per heavy atom. The summed E-state index contributed by atoms with van der Waals surface area (Å²) < 4.78 is 1.71. The summed E-state index contributed by atoms with van der Waals surface area (Å²) in [5.41, 5.74) is 4.24. The van der Waals surface area contributed by atoms with Crippen molar-refractivity contribution in [3.05, 3.63) is 102 Å². The van der Waals surface area contributed by atoms with E-state index in [1.54, 1.807) is 53.2 Å². The minimum atomic E-state index is -0.277. The Labute approximate surface area is 215 Å². The number of nitrogens with one attached hydrogen (secondary N) is 2. The predicted molar refractivity (Wildman–Crippen MR) is 149 cm³/mol. The number of hydrogen-bond donors (Lipinski definition) is 4. The molecule has 3 aromatic carbocycles. The lowest BCUT2D eigenvalue weighted by Crippen LogP contribution is -2.10. The van der Waals surface area contributed by atoms with E-state index in [1.807, 2.05) is 42.5 Å². The molecular weight excluding hydrogens is 485 g/mol. The van der Waals surface area contributed by atoms with Crippen molar-refractivity contribution < 1.29 is 15.0 Å². The van der Waals surface area contributed by atoms with Crippen LogP contribution in [0.4, 0.5) is 11.5 Å². The molecule has 1 atom stereocenters. The molecule has 0 fully saturated rings. The van der Waals surface area contributed by atoms with Gasteiger partial charge >= 0.3 is 0 Å². The minimum Gasteiger partial charge on any atom is -0.508 e. The van der Waals surface area contributed by atoms with Crippen molar-refractivity contribution in [2.24, 2.45) is 0 Å². The number of aromatic hydroxyl groups is 2. The Balaban J connectivity index is 1.33. The highest BCUT2D eigenvalue weighted by molar-refractivity contribution is 7.28. The first kappa shape index (κ1) is 24.0. The number of carbonyl (C=O) groups is 1. The van der Waals surface area contributed by atoms with Crippen LogP contribution in [0.1, 0.15) is 11.1 Å². The second kappa shape index (κ2) is 10.5. The average Bonchev–Trinajstić information content (AvgIpc) is 3.27. The molecule has 2 heterocycles. The van der Waals surface area contributed by atoms with Crippen LogP contribution in [0.5, 0.6) is 11.5 Å². The Kier molecular flexibility index (Phi) is 6.83. The zero-order chi connectivity index (χ0) is 25.8. The SMILES string of the molecule is O=C(/C=C/c1cccc(O)c1)Nc1cccc(CNc2cc(-c3ccccc3O)nc3c(P)cnn23)c1. The van der Waals surface area contributed by atoms with Crippen LogP contribution in [0.15, 0.2) is 91.1 Å². The number of anilines is 2. The Hall–Kier alpha value is -4.68. The smallest absolute Gasteiger partial charge is 0.248 e. The van der Waals surface area contributed by atoms with Crippen molar-refractivity contribution in [1.82, 2.24) is 14.6 Å². The second-order valence-electron chi connectivity index (χ2n) is 8.35. The molecule has 184 valence electrons. The third kappa shape index (κ3) is 5.60. The molecule has 4 N–H and O–H groups in total. The Morgan fingerprint density at radius 1 is 1.00 bits per heavy atom. The van der Waals surface area contributed by atoms with Gasteiger partial charge in [0.25, 0.3) is 0 Å². The molecule has 0 saturated heterocycles. The molecule has 2 aromatic heterocycles. The minimum absolute atomic E-state index is 0.144. The Bertz CT molecular complexity index is 1630. The molecule has 37 heavy (non-hydrogen) atoms. The summed E-state index contributed by atoms with van der Waals surface area (Å²) >= 11 is 0. The van der Waals surface area contributed by atoms with Crippen molar-refractivity contribution in [3.8, 4) is 22.8 Å². The van der Waals surface area contributed by atoms with Crippen molar-refractivity contribution >= 4 is 43.7 Å². The molecule has 9 heteroatoms. The maximum absolute atomic E-state index is 12.4. The number of rotatable bonds is 7. The molecule has 0 aliphatic carbocycles. The molecule has 0 bridgehead atoms. The summed E-state index contributed by atoms with van der Waals surface area (Å²) in [5, 5.41) is 31.4. The van der Waals surface area contributed by atoms with E-state index >= 15 is 0 Å². The molecule has 0 radical (unpaired) electrons. The van der Waals surface area contributed by atoms with E-state index in [2.05, 4.69) is 30.0 Å². The molecule has 0 aliphatic rings. The highest BCUT2D eigenvalue weighted by Crippen LogP contribution is 2.29. The summed E-state index contributed by atoms with van der Waals surface area (Å²) in [6, 6.07) is 23.1. The number of fused-ring (bicyclic) bond motifs is 1. The van der Waals surface area contributed by atoms with Crippen LogP contribution in [0.2, 0.25) is 0 Å². The number of benzene rings is 3. The van der Waals surface area contributed by atoms with Crippen molar-refractivity contribution in [3.63, 3.8) is 0 Å². The summed E-state index contributed by atoms with van der Waals surface area (Å²) in [4.78, 5) is 17.1. The molecule has 1 amide bonds. The molecule has 0 aliphatic heterocycles. The van der Waals surface area contributed by atoms with Crippen LogP contribution >= 0.6 is 9.24 Å². The van der Waals surface area contributed by atoms with E-state index in [-0.39, 0.29) is 17.4 Å².